The molecule has 2 heterocycles. The Morgan fingerprint density at radius 3 is 2.61 bits per heavy atom. The van der Waals surface area contributed by atoms with Crippen LogP contribution < -0.4 is 19.5 Å². The fourth-order valence-electron chi connectivity index (χ4n) is 5.18. The van der Waals surface area contributed by atoms with E-state index in [9.17, 15) is 4.79 Å². The molecule has 2 aromatic rings. The van der Waals surface area contributed by atoms with Gasteiger partial charge in [0.15, 0.2) is 17.3 Å². The second kappa shape index (κ2) is 10.1. The van der Waals surface area contributed by atoms with E-state index in [4.69, 9.17) is 18.9 Å². The number of hydrogen-bond donors (Lipinski definition) is 1. The van der Waals surface area contributed by atoms with Crippen molar-refractivity contribution >= 4 is 5.78 Å². The zero-order chi connectivity index (χ0) is 23.4. The molecule has 1 fully saturated rings. The maximum Gasteiger partial charge on any atom is 0.170 e. The topological polar surface area (TPSA) is 66.0 Å². The van der Waals surface area contributed by atoms with E-state index in [0.717, 1.165) is 37.2 Å². The lowest BCUT2D eigenvalue weighted by Gasteiger charge is -2.50. The number of hydrogen-bond acceptors (Lipinski definition) is 6. The summed E-state index contributed by atoms with van der Waals surface area (Å²) >= 11 is 0. The van der Waals surface area contributed by atoms with E-state index in [1.807, 2.05) is 51.1 Å². The van der Waals surface area contributed by atoms with Crippen LogP contribution in [0.2, 0.25) is 0 Å². The highest BCUT2D eigenvalue weighted by Gasteiger charge is 2.53. The minimum atomic E-state index is -0.571. The average Bonchev–Trinajstić information content (AvgIpc) is 2.82. The number of benzene rings is 2. The number of fused-ring (bicyclic) bond motifs is 1. The molecule has 2 aromatic carbocycles. The molecule has 33 heavy (non-hydrogen) atoms. The Kier molecular flexibility index (Phi) is 7.25. The quantitative estimate of drug-likeness (QED) is 0.589. The molecule has 6 heteroatoms. The number of carbonyl (C=O) groups excluding carboxylic acids is 1. The van der Waals surface area contributed by atoms with Crippen LogP contribution in [0.15, 0.2) is 42.5 Å². The maximum atomic E-state index is 14.2. The number of rotatable bonds is 8. The third kappa shape index (κ3) is 4.73. The lowest BCUT2D eigenvalue weighted by atomic mass is 9.66. The Balaban J connectivity index is 1.78. The molecule has 4 rings (SSSR count). The summed E-state index contributed by atoms with van der Waals surface area (Å²) in [5.41, 5.74) is 1.08. The molecule has 0 bridgehead atoms. The summed E-state index contributed by atoms with van der Waals surface area (Å²) in [6.07, 6.45) is 1.55. The van der Waals surface area contributed by atoms with E-state index < -0.39 is 5.60 Å². The summed E-state index contributed by atoms with van der Waals surface area (Å²) in [7, 11) is 1.60. The van der Waals surface area contributed by atoms with E-state index >= 15 is 0 Å². The minimum Gasteiger partial charge on any atom is -0.493 e. The molecule has 2 unspecified atom stereocenters. The van der Waals surface area contributed by atoms with Gasteiger partial charge in [-0.1, -0.05) is 18.2 Å². The van der Waals surface area contributed by atoms with E-state index in [-0.39, 0.29) is 23.7 Å². The molecule has 2 atom stereocenters. The zero-order valence-corrected chi connectivity index (χ0v) is 20.1. The van der Waals surface area contributed by atoms with Crippen LogP contribution in [0.1, 0.15) is 55.5 Å². The number of carbonyl (C=O) groups is 1. The van der Waals surface area contributed by atoms with Crippen molar-refractivity contribution in [2.75, 3.05) is 33.4 Å². The Bertz CT molecular complexity index is 967. The van der Waals surface area contributed by atoms with Gasteiger partial charge in [-0.3, -0.25) is 4.79 Å². The second-order valence-electron chi connectivity index (χ2n) is 9.09. The molecule has 0 radical (unpaired) electrons. The Labute approximate surface area is 196 Å². The Hall–Kier alpha value is -2.57. The zero-order valence-electron chi connectivity index (χ0n) is 20.1. The summed E-state index contributed by atoms with van der Waals surface area (Å²) in [6, 6.07) is 13.5. The van der Waals surface area contributed by atoms with Gasteiger partial charge in [-0.25, -0.2) is 0 Å². The van der Waals surface area contributed by atoms with E-state index in [0.29, 0.717) is 30.3 Å². The fraction of sp³-hybridized carbons (Fsp3) is 0.519. The third-order valence-electron chi connectivity index (χ3n) is 6.65. The first-order valence-corrected chi connectivity index (χ1v) is 11.9. The van der Waals surface area contributed by atoms with Gasteiger partial charge in [-0.2, -0.15) is 0 Å². The van der Waals surface area contributed by atoms with Gasteiger partial charge < -0.3 is 24.3 Å². The van der Waals surface area contributed by atoms with E-state index in [1.54, 1.807) is 13.2 Å². The molecular weight excluding hydrogens is 418 g/mol. The van der Waals surface area contributed by atoms with E-state index in [1.165, 1.54) is 0 Å². The molecule has 0 amide bonds. The molecule has 1 N–H and O–H groups in total. The Morgan fingerprint density at radius 1 is 1.15 bits per heavy atom. The van der Waals surface area contributed by atoms with E-state index in [2.05, 4.69) is 11.4 Å². The number of ketones is 1. The third-order valence-corrected chi connectivity index (χ3v) is 6.65. The fourth-order valence-corrected chi connectivity index (χ4v) is 5.18. The standard InChI is InChI=1S/C27H35NO5/c1-5-31-17-21-20-8-6-7-9-22(20)33-27(12-14-28-15-13-27)25(21)26(29)19-10-11-23(32-18(2)3)24(16-19)30-4/h6-11,16,18,21,25,28H,5,12-15,17H2,1-4H3. The predicted molar refractivity (Wildman–Crippen MR) is 128 cm³/mol. The number of methoxy groups -OCH3 is 1. The molecule has 0 aliphatic carbocycles. The van der Waals surface area contributed by atoms with Crippen molar-refractivity contribution in [2.45, 2.75) is 51.2 Å². The number of Topliss-reactive ketones (excluding diaryl/α,β-unsaturated/α-hetero) is 1. The molecule has 1 spiro atoms. The number of piperidine rings is 1. The van der Waals surface area contributed by atoms with Crippen molar-refractivity contribution in [2.24, 2.45) is 5.92 Å². The lowest BCUT2D eigenvalue weighted by Crippen LogP contribution is -2.58. The van der Waals surface area contributed by atoms with Crippen LogP contribution in [-0.4, -0.2) is 50.9 Å². The Morgan fingerprint density at radius 2 is 1.91 bits per heavy atom. The normalized spacial score (nSPS) is 21.4. The van der Waals surface area contributed by atoms with Crippen LogP contribution in [-0.2, 0) is 4.74 Å². The van der Waals surface area contributed by atoms with Crippen LogP contribution in [0, 0.1) is 5.92 Å². The second-order valence-corrected chi connectivity index (χ2v) is 9.09. The first-order valence-electron chi connectivity index (χ1n) is 11.9. The van der Waals surface area contributed by atoms with Crippen LogP contribution in [0.4, 0.5) is 0 Å². The summed E-state index contributed by atoms with van der Waals surface area (Å²) in [5, 5.41) is 3.42. The van der Waals surface area contributed by atoms with Crippen LogP contribution >= 0.6 is 0 Å². The molecule has 178 valence electrons. The highest BCUT2D eigenvalue weighted by atomic mass is 16.5. The van der Waals surface area contributed by atoms with Crippen LogP contribution in [0.25, 0.3) is 0 Å². The molecular formula is C27H35NO5. The summed E-state index contributed by atoms with van der Waals surface area (Å²) in [4.78, 5) is 14.2. The molecule has 0 saturated carbocycles. The summed E-state index contributed by atoms with van der Waals surface area (Å²) in [6.45, 7) is 8.64. The van der Waals surface area contributed by atoms with Crippen molar-refractivity contribution in [1.29, 1.82) is 0 Å². The molecule has 6 nitrogen and oxygen atoms in total. The smallest absolute Gasteiger partial charge is 0.170 e. The van der Waals surface area contributed by atoms with Gasteiger partial charge in [0.1, 0.15) is 11.4 Å². The van der Waals surface area contributed by atoms with Crippen molar-refractivity contribution in [3.05, 3.63) is 53.6 Å². The first kappa shape index (κ1) is 23.6. The van der Waals surface area contributed by atoms with Gasteiger partial charge in [0.05, 0.1) is 25.7 Å². The van der Waals surface area contributed by atoms with Gasteiger partial charge in [-0.05, 0) is 58.1 Å². The van der Waals surface area contributed by atoms with Crippen molar-refractivity contribution in [3.63, 3.8) is 0 Å². The van der Waals surface area contributed by atoms with Crippen molar-refractivity contribution in [3.8, 4) is 17.2 Å². The van der Waals surface area contributed by atoms with Gasteiger partial charge >= 0.3 is 0 Å². The summed E-state index contributed by atoms with van der Waals surface area (Å²) < 4.78 is 24.0. The van der Waals surface area contributed by atoms with Crippen LogP contribution in [0.3, 0.4) is 0 Å². The molecule has 0 aromatic heterocycles. The highest BCUT2D eigenvalue weighted by molar-refractivity contribution is 6.00. The molecule has 2 aliphatic rings. The van der Waals surface area contributed by atoms with Gasteiger partial charge in [-0.15, -0.1) is 0 Å². The highest BCUT2D eigenvalue weighted by Crippen LogP contribution is 2.50. The molecule has 1 saturated heterocycles. The number of nitrogens with one attached hydrogen (secondary N) is 1. The first-order chi connectivity index (χ1) is 16.0. The number of ether oxygens (including phenoxy) is 4. The van der Waals surface area contributed by atoms with Crippen molar-refractivity contribution in [1.82, 2.24) is 5.32 Å². The SMILES string of the molecule is CCOCC1c2ccccc2OC2(CCNCC2)C1C(=O)c1ccc(OC(C)C)c(OC)c1. The number of para-hydroxylation sites is 1. The molecule has 2 aliphatic heterocycles. The average molecular weight is 454 g/mol. The summed E-state index contributed by atoms with van der Waals surface area (Å²) in [5.74, 6) is 1.68. The van der Waals surface area contributed by atoms with Crippen LogP contribution in [0.5, 0.6) is 17.2 Å². The minimum absolute atomic E-state index is 0.0114. The van der Waals surface area contributed by atoms with Gasteiger partial charge in [0.25, 0.3) is 0 Å². The van der Waals surface area contributed by atoms with Gasteiger partial charge in [0.2, 0.25) is 0 Å². The lowest BCUT2D eigenvalue weighted by molar-refractivity contribution is -0.0461. The van der Waals surface area contributed by atoms with Crippen molar-refractivity contribution < 1.29 is 23.7 Å². The largest absolute Gasteiger partial charge is 0.493 e. The maximum absolute atomic E-state index is 14.2. The van der Waals surface area contributed by atoms with Gasteiger partial charge in [0, 0.05) is 36.5 Å². The monoisotopic (exact) mass is 453 g/mol. The predicted octanol–water partition coefficient (Wildman–Crippen LogP) is 4.62.